The summed E-state index contributed by atoms with van der Waals surface area (Å²) >= 11 is 6.16. The van der Waals surface area contributed by atoms with Gasteiger partial charge < -0.3 is 15.0 Å². The Balaban J connectivity index is 2.73. The molecule has 1 rings (SSSR count). The molecule has 4 nitrogen and oxygen atoms in total. The van der Waals surface area contributed by atoms with Crippen molar-refractivity contribution in [2.45, 2.75) is 33.4 Å². The summed E-state index contributed by atoms with van der Waals surface area (Å²) in [6.07, 6.45) is 0. The Morgan fingerprint density at radius 3 is 2.75 bits per heavy atom. The number of hydrogen-bond acceptors (Lipinski definition) is 3. The van der Waals surface area contributed by atoms with Crippen molar-refractivity contribution < 1.29 is 9.53 Å². The summed E-state index contributed by atoms with van der Waals surface area (Å²) < 4.78 is 5.63. The zero-order valence-electron chi connectivity index (χ0n) is 12.6. The number of benzene rings is 1. The number of nitrogens with zero attached hydrogens (tertiary/aromatic N) is 1. The molecule has 1 aromatic rings. The lowest BCUT2D eigenvalue weighted by Crippen LogP contribution is -2.36. The predicted octanol–water partition coefficient (Wildman–Crippen LogP) is 2.70. The van der Waals surface area contributed by atoms with Gasteiger partial charge in [-0.2, -0.15) is 0 Å². The Bertz CT molecular complexity index is 449. The van der Waals surface area contributed by atoms with Crippen LogP contribution in [0.2, 0.25) is 5.02 Å². The number of halogens is 1. The Kier molecular flexibility index (Phi) is 6.82. The normalized spacial score (nSPS) is 10.7. The van der Waals surface area contributed by atoms with E-state index < -0.39 is 0 Å². The largest absolute Gasteiger partial charge is 0.482 e. The number of ether oxygens (including phenoxy) is 1. The maximum atomic E-state index is 11.9. The summed E-state index contributed by atoms with van der Waals surface area (Å²) in [4.78, 5) is 13.6. The second kappa shape index (κ2) is 8.12. The van der Waals surface area contributed by atoms with Gasteiger partial charge in [-0.1, -0.05) is 30.7 Å². The average Bonchev–Trinajstić information content (AvgIpc) is 2.42. The van der Waals surface area contributed by atoms with Crippen LogP contribution in [-0.2, 0) is 11.3 Å². The molecule has 0 atom stereocenters. The fraction of sp³-hybridized carbons (Fsp3) is 0.533. The second-order valence-corrected chi connectivity index (χ2v) is 5.30. The number of amides is 1. The van der Waals surface area contributed by atoms with E-state index in [2.05, 4.69) is 5.32 Å². The van der Waals surface area contributed by atoms with Crippen LogP contribution in [-0.4, -0.2) is 37.0 Å². The van der Waals surface area contributed by atoms with Crippen LogP contribution in [0.5, 0.6) is 5.75 Å². The number of carbonyl (C=O) groups excluding carboxylic acids is 1. The van der Waals surface area contributed by atoms with Gasteiger partial charge in [0.15, 0.2) is 6.61 Å². The third-order valence-corrected chi connectivity index (χ3v) is 3.42. The molecular weight excluding hydrogens is 276 g/mol. The van der Waals surface area contributed by atoms with E-state index in [9.17, 15) is 4.79 Å². The smallest absolute Gasteiger partial charge is 0.260 e. The number of nitrogens with one attached hydrogen (secondary N) is 1. The van der Waals surface area contributed by atoms with E-state index in [1.54, 1.807) is 18.0 Å². The number of para-hydroxylation sites is 1. The molecule has 0 aliphatic rings. The molecule has 0 spiro atoms. The van der Waals surface area contributed by atoms with Crippen LogP contribution in [0.3, 0.4) is 0 Å². The highest BCUT2D eigenvalue weighted by molar-refractivity contribution is 6.32. The van der Waals surface area contributed by atoms with Crippen molar-refractivity contribution in [1.29, 1.82) is 0 Å². The summed E-state index contributed by atoms with van der Waals surface area (Å²) in [5, 5.41) is 3.75. The molecule has 0 heterocycles. The average molecular weight is 299 g/mol. The van der Waals surface area contributed by atoms with Crippen LogP contribution in [0.15, 0.2) is 18.2 Å². The number of likely N-dealkylation sites (N-methyl/N-ethyl adjacent to an activating group) is 1. The zero-order valence-corrected chi connectivity index (χ0v) is 13.3. The van der Waals surface area contributed by atoms with Gasteiger partial charge in [-0.15, -0.1) is 0 Å². The Labute approximate surface area is 126 Å². The van der Waals surface area contributed by atoms with Gasteiger partial charge in [0, 0.05) is 25.2 Å². The highest BCUT2D eigenvalue weighted by Crippen LogP contribution is 2.28. The van der Waals surface area contributed by atoms with Crippen LogP contribution in [0.1, 0.15) is 26.3 Å². The monoisotopic (exact) mass is 298 g/mol. The van der Waals surface area contributed by atoms with Gasteiger partial charge in [-0.05, 0) is 26.5 Å². The van der Waals surface area contributed by atoms with Gasteiger partial charge in [0.2, 0.25) is 0 Å². The molecule has 1 amide bonds. The molecule has 1 aromatic carbocycles. The Morgan fingerprint density at radius 1 is 1.45 bits per heavy atom. The molecule has 0 aromatic heterocycles. The van der Waals surface area contributed by atoms with Gasteiger partial charge in [0.25, 0.3) is 5.91 Å². The molecule has 5 heteroatoms. The summed E-state index contributed by atoms with van der Waals surface area (Å²) in [7, 11) is 1.77. The molecule has 1 N–H and O–H groups in total. The quantitative estimate of drug-likeness (QED) is 0.841. The van der Waals surface area contributed by atoms with E-state index in [1.165, 1.54) is 0 Å². The topological polar surface area (TPSA) is 41.6 Å². The third kappa shape index (κ3) is 4.69. The summed E-state index contributed by atoms with van der Waals surface area (Å²) in [6.45, 7) is 7.49. The van der Waals surface area contributed by atoms with Gasteiger partial charge in [-0.3, -0.25) is 4.79 Å². The van der Waals surface area contributed by atoms with Crippen LogP contribution < -0.4 is 10.1 Å². The third-order valence-electron chi connectivity index (χ3n) is 3.12. The molecule has 20 heavy (non-hydrogen) atoms. The van der Waals surface area contributed by atoms with E-state index in [4.69, 9.17) is 16.3 Å². The molecule has 0 unspecified atom stereocenters. The Hall–Kier alpha value is -1.26. The van der Waals surface area contributed by atoms with E-state index in [0.29, 0.717) is 17.3 Å². The van der Waals surface area contributed by atoms with Crippen molar-refractivity contribution in [3.8, 4) is 5.75 Å². The maximum Gasteiger partial charge on any atom is 0.260 e. The number of carbonyl (C=O) groups is 1. The standard InChI is InChI=1S/C15H23ClN2O2/c1-5-17-9-12-7-6-8-13(16)15(12)20-10-14(19)18(4)11(2)3/h6-8,11,17H,5,9-10H2,1-4H3. The first kappa shape index (κ1) is 16.8. The first-order valence-electron chi connectivity index (χ1n) is 6.83. The van der Waals surface area contributed by atoms with Crippen molar-refractivity contribution in [2.75, 3.05) is 20.2 Å². The van der Waals surface area contributed by atoms with Crippen molar-refractivity contribution in [2.24, 2.45) is 0 Å². The highest BCUT2D eigenvalue weighted by atomic mass is 35.5. The first-order chi connectivity index (χ1) is 9.47. The summed E-state index contributed by atoms with van der Waals surface area (Å²) in [5.74, 6) is 0.523. The van der Waals surface area contributed by atoms with E-state index in [1.807, 2.05) is 32.9 Å². The fourth-order valence-electron chi connectivity index (χ4n) is 1.64. The summed E-state index contributed by atoms with van der Waals surface area (Å²) in [6, 6.07) is 5.74. The minimum absolute atomic E-state index is 0.00244. The van der Waals surface area contributed by atoms with E-state index in [-0.39, 0.29) is 18.6 Å². The lowest BCUT2D eigenvalue weighted by atomic mass is 10.2. The molecule has 0 aliphatic heterocycles. The zero-order chi connectivity index (χ0) is 15.1. The van der Waals surface area contributed by atoms with Crippen molar-refractivity contribution in [3.63, 3.8) is 0 Å². The highest BCUT2D eigenvalue weighted by Gasteiger charge is 2.15. The predicted molar refractivity (Wildman–Crippen MR) is 82.2 cm³/mol. The molecule has 0 bridgehead atoms. The SMILES string of the molecule is CCNCc1cccc(Cl)c1OCC(=O)N(C)C(C)C. The van der Waals surface area contributed by atoms with Crippen LogP contribution in [0.25, 0.3) is 0 Å². The summed E-state index contributed by atoms with van der Waals surface area (Å²) in [5.41, 5.74) is 0.958. The Morgan fingerprint density at radius 2 is 2.15 bits per heavy atom. The second-order valence-electron chi connectivity index (χ2n) is 4.90. The van der Waals surface area contributed by atoms with Crippen LogP contribution in [0.4, 0.5) is 0 Å². The lowest BCUT2D eigenvalue weighted by molar-refractivity contribution is -0.133. The fourth-order valence-corrected chi connectivity index (χ4v) is 1.89. The van der Waals surface area contributed by atoms with Crippen LogP contribution >= 0.6 is 11.6 Å². The minimum atomic E-state index is -0.0608. The van der Waals surface area contributed by atoms with Crippen molar-refractivity contribution in [1.82, 2.24) is 10.2 Å². The van der Waals surface area contributed by atoms with Gasteiger partial charge in [-0.25, -0.2) is 0 Å². The molecule has 0 radical (unpaired) electrons. The van der Waals surface area contributed by atoms with E-state index >= 15 is 0 Å². The van der Waals surface area contributed by atoms with Crippen molar-refractivity contribution in [3.05, 3.63) is 28.8 Å². The van der Waals surface area contributed by atoms with Gasteiger partial charge >= 0.3 is 0 Å². The molecule has 0 saturated carbocycles. The molecule has 0 fully saturated rings. The molecule has 0 saturated heterocycles. The number of hydrogen-bond donors (Lipinski definition) is 1. The van der Waals surface area contributed by atoms with Crippen LogP contribution in [0, 0.1) is 0 Å². The number of rotatable bonds is 7. The molecule has 0 aliphatic carbocycles. The minimum Gasteiger partial charge on any atom is -0.482 e. The maximum absolute atomic E-state index is 11.9. The molecule has 112 valence electrons. The lowest BCUT2D eigenvalue weighted by Gasteiger charge is -2.22. The van der Waals surface area contributed by atoms with E-state index in [0.717, 1.165) is 12.1 Å². The first-order valence-corrected chi connectivity index (χ1v) is 7.21. The van der Waals surface area contributed by atoms with Gasteiger partial charge in [0.1, 0.15) is 5.75 Å². The molecular formula is C15H23ClN2O2. The van der Waals surface area contributed by atoms with Gasteiger partial charge in [0.05, 0.1) is 5.02 Å². The van der Waals surface area contributed by atoms with Crippen molar-refractivity contribution >= 4 is 17.5 Å².